The van der Waals surface area contributed by atoms with Crippen LogP contribution in [0.1, 0.15) is 25.7 Å². The van der Waals surface area contributed by atoms with Crippen LogP contribution in [0.3, 0.4) is 0 Å². The molecule has 2 heterocycles. The van der Waals surface area contributed by atoms with Crippen LogP contribution >= 0.6 is 0 Å². The van der Waals surface area contributed by atoms with Gasteiger partial charge in [0.2, 0.25) is 0 Å². The average Bonchev–Trinajstić information content (AvgIpc) is 2.88. The van der Waals surface area contributed by atoms with E-state index < -0.39 is 0 Å². The fraction of sp³-hybridized carbons (Fsp3) is 0.368. The lowest BCUT2D eigenvalue weighted by molar-refractivity contribution is 0.370. The van der Waals surface area contributed by atoms with Gasteiger partial charge in [-0.1, -0.05) is 42.8 Å². The van der Waals surface area contributed by atoms with Gasteiger partial charge in [0.15, 0.2) is 0 Å². The van der Waals surface area contributed by atoms with Crippen molar-refractivity contribution in [3.8, 4) is 0 Å². The van der Waals surface area contributed by atoms with E-state index in [2.05, 4.69) is 58.4 Å². The molecule has 2 heteroatoms. The van der Waals surface area contributed by atoms with Crippen LogP contribution in [-0.2, 0) is 6.54 Å². The zero-order valence-corrected chi connectivity index (χ0v) is 12.4. The summed E-state index contributed by atoms with van der Waals surface area (Å²) < 4.78 is 2.50. The number of para-hydroxylation sites is 2. The van der Waals surface area contributed by atoms with E-state index in [9.17, 15) is 0 Å². The number of benzene rings is 2. The SMILES string of the molecule is c1ccc2c(c1)c1ccccc1n2CCC1CCCCN1. The summed E-state index contributed by atoms with van der Waals surface area (Å²) in [6, 6.07) is 18.3. The molecule has 21 heavy (non-hydrogen) atoms. The van der Waals surface area contributed by atoms with Crippen molar-refractivity contribution in [3.05, 3.63) is 48.5 Å². The maximum atomic E-state index is 3.66. The topological polar surface area (TPSA) is 17.0 Å². The Balaban J connectivity index is 1.71. The zero-order chi connectivity index (χ0) is 14.1. The smallest absolute Gasteiger partial charge is 0.0491 e. The molecule has 0 amide bonds. The van der Waals surface area contributed by atoms with Crippen LogP contribution in [-0.4, -0.2) is 17.2 Å². The van der Waals surface area contributed by atoms with E-state index in [1.807, 2.05) is 0 Å². The van der Waals surface area contributed by atoms with Crippen molar-refractivity contribution in [1.82, 2.24) is 9.88 Å². The van der Waals surface area contributed by atoms with Gasteiger partial charge in [-0.3, -0.25) is 0 Å². The summed E-state index contributed by atoms with van der Waals surface area (Å²) in [6.07, 6.45) is 5.27. The summed E-state index contributed by atoms with van der Waals surface area (Å²) in [5, 5.41) is 6.42. The lowest BCUT2D eigenvalue weighted by Crippen LogP contribution is -2.34. The molecule has 1 aromatic heterocycles. The Morgan fingerprint density at radius 3 is 2.19 bits per heavy atom. The maximum Gasteiger partial charge on any atom is 0.0491 e. The number of aryl methyl sites for hydroxylation is 1. The summed E-state index contributed by atoms with van der Waals surface area (Å²) in [6.45, 7) is 2.30. The Morgan fingerprint density at radius 2 is 1.57 bits per heavy atom. The summed E-state index contributed by atoms with van der Waals surface area (Å²) in [5.74, 6) is 0. The van der Waals surface area contributed by atoms with Gasteiger partial charge in [-0.2, -0.15) is 0 Å². The number of nitrogens with zero attached hydrogens (tertiary/aromatic N) is 1. The quantitative estimate of drug-likeness (QED) is 0.754. The molecule has 0 saturated carbocycles. The second-order valence-electron chi connectivity index (χ2n) is 6.12. The minimum atomic E-state index is 0.693. The third-order valence-electron chi connectivity index (χ3n) is 4.79. The van der Waals surface area contributed by atoms with Gasteiger partial charge in [-0.25, -0.2) is 0 Å². The second kappa shape index (κ2) is 5.53. The fourth-order valence-corrected chi connectivity index (χ4v) is 3.70. The van der Waals surface area contributed by atoms with E-state index in [1.54, 1.807) is 0 Å². The molecule has 1 saturated heterocycles. The number of rotatable bonds is 3. The lowest BCUT2D eigenvalue weighted by Gasteiger charge is -2.23. The van der Waals surface area contributed by atoms with E-state index in [0.29, 0.717) is 6.04 Å². The molecule has 0 aliphatic carbocycles. The molecule has 2 nitrogen and oxygen atoms in total. The first-order chi connectivity index (χ1) is 10.4. The molecule has 1 aliphatic rings. The van der Waals surface area contributed by atoms with Crippen LogP contribution in [0.25, 0.3) is 21.8 Å². The van der Waals surface area contributed by atoms with E-state index in [-0.39, 0.29) is 0 Å². The Kier molecular flexibility index (Phi) is 3.40. The van der Waals surface area contributed by atoms with Crippen LogP contribution in [0, 0.1) is 0 Å². The highest BCUT2D eigenvalue weighted by molar-refractivity contribution is 6.07. The van der Waals surface area contributed by atoms with Crippen molar-refractivity contribution >= 4 is 21.8 Å². The van der Waals surface area contributed by atoms with Gasteiger partial charge in [0, 0.05) is 34.4 Å². The minimum absolute atomic E-state index is 0.693. The minimum Gasteiger partial charge on any atom is -0.340 e. The third kappa shape index (κ3) is 2.34. The number of hydrogen-bond acceptors (Lipinski definition) is 1. The van der Waals surface area contributed by atoms with E-state index in [0.717, 1.165) is 6.54 Å². The van der Waals surface area contributed by atoms with Crippen molar-refractivity contribution in [2.45, 2.75) is 38.3 Å². The highest BCUT2D eigenvalue weighted by atomic mass is 15.0. The average molecular weight is 278 g/mol. The summed E-state index contributed by atoms with van der Waals surface area (Å²) >= 11 is 0. The van der Waals surface area contributed by atoms with Crippen molar-refractivity contribution in [1.29, 1.82) is 0 Å². The fourth-order valence-electron chi connectivity index (χ4n) is 3.70. The van der Waals surface area contributed by atoms with Gasteiger partial charge in [-0.05, 0) is 37.9 Å². The molecule has 1 aliphatic heterocycles. The first-order valence-corrected chi connectivity index (χ1v) is 8.13. The van der Waals surface area contributed by atoms with Gasteiger partial charge in [0.05, 0.1) is 0 Å². The number of aromatic nitrogens is 1. The molecule has 0 radical (unpaired) electrons. The van der Waals surface area contributed by atoms with Crippen LogP contribution in [0.2, 0.25) is 0 Å². The standard InChI is InChI=1S/C19H22N2/c1-3-10-18-16(8-1)17-9-2-4-11-19(17)21(18)14-12-15-7-5-6-13-20-15/h1-4,8-11,15,20H,5-7,12-14H2. The molecule has 1 fully saturated rings. The molecule has 1 atom stereocenters. The van der Waals surface area contributed by atoms with E-state index >= 15 is 0 Å². The first-order valence-electron chi connectivity index (χ1n) is 8.13. The predicted molar refractivity (Wildman–Crippen MR) is 89.7 cm³/mol. The Bertz CT molecular complexity index is 697. The lowest BCUT2D eigenvalue weighted by atomic mass is 10.0. The van der Waals surface area contributed by atoms with E-state index in [4.69, 9.17) is 0 Å². The first kappa shape index (κ1) is 12.9. The van der Waals surface area contributed by atoms with Gasteiger partial charge in [0.1, 0.15) is 0 Å². The number of piperidine rings is 1. The Labute approximate surface area is 125 Å². The molecular formula is C19H22N2. The van der Waals surface area contributed by atoms with E-state index in [1.165, 1.54) is 54.0 Å². The molecule has 0 spiro atoms. The largest absolute Gasteiger partial charge is 0.340 e. The van der Waals surface area contributed by atoms with Crippen molar-refractivity contribution in [2.24, 2.45) is 0 Å². The summed E-state index contributed by atoms with van der Waals surface area (Å²) in [7, 11) is 0. The molecule has 1 unspecified atom stereocenters. The summed E-state index contributed by atoms with van der Waals surface area (Å²) in [5.41, 5.74) is 2.74. The highest BCUT2D eigenvalue weighted by Crippen LogP contribution is 2.29. The number of fused-ring (bicyclic) bond motifs is 3. The zero-order valence-electron chi connectivity index (χ0n) is 12.4. The molecule has 4 rings (SSSR count). The molecule has 1 N–H and O–H groups in total. The molecule has 0 bridgehead atoms. The normalized spacial score (nSPS) is 19.3. The predicted octanol–water partition coefficient (Wildman–Crippen LogP) is 4.33. The van der Waals surface area contributed by atoms with Gasteiger partial charge in [-0.15, -0.1) is 0 Å². The van der Waals surface area contributed by atoms with Gasteiger partial charge in [0.25, 0.3) is 0 Å². The van der Waals surface area contributed by atoms with Crippen molar-refractivity contribution < 1.29 is 0 Å². The Morgan fingerprint density at radius 1 is 0.905 bits per heavy atom. The van der Waals surface area contributed by atoms with Gasteiger partial charge >= 0.3 is 0 Å². The third-order valence-corrected chi connectivity index (χ3v) is 4.79. The molecule has 2 aromatic carbocycles. The monoisotopic (exact) mass is 278 g/mol. The molecular weight excluding hydrogens is 256 g/mol. The van der Waals surface area contributed by atoms with Crippen LogP contribution in [0.15, 0.2) is 48.5 Å². The summed E-state index contributed by atoms with van der Waals surface area (Å²) in [4.78, 5) is 0. The van der Waals surface area contributed by atoms with Crippen LogP contribution < -0.4 is 5.32 Å². The second-order valence-corrected chi connectivity index (χ2v) is 6.12. The van der Waals surface area contributed by atoms with Crippen molar-refractivity contribution in [2.75, 3.05) is 6.54 Å². The molecule has 108 valence electrons. The van der Waals surface area contributed by atoms with Gasteiger partial charge < -0.3 is 9.88 Å². The number of hydrogen-bond donors (Lipinski definition) is 1. The van der Waals surface area contributed by atoms with Crippen LogP contribution in [0.4, 0.5) is 0 Å². The maximum absolute atomic E-state index is 3.66. The number of nitrogens with one attached hydrogen (secondary N) is 1. The Hall–Kier alpha value is -1.80. The highest BCUT2D eigenvalue weighted by Gasteiger charge is 2.14. The molecule has 3 aromatic rings. The van der Waals surface area contributed by atoms with Crippen LogP contribution in [0.5, 0.6) is 0 Å². The van der Waals surface area contributed by atoms with Crippen molar-refractivity contribution in [3.63, 3.8) is 0 Å².